The molecule has 0 bridgehead atoms. The van der Waals surface area contributed by atoms with Gasteiger partial charge in [-0.05, 0) is 39.5 Å². The van der Waals surface area contributed by atoms with Crippen LogP contribution in [0.3, 0.4) is 0 Å². The highest BCUT2D eigenvalue weighted by Crippen LogP contribution is 2.33. The predicted molar refractivity (Wildman–Crippen MR) is 98.6 cm³/mol. The fraction of sp³-hybridized carbons (Fsp3) is 0.789. The number of nitrogens with zero attached hydrogens (tertiary/aromatic N) is 2. The first-order chi connectivity index (χ1) is 12.8. The SMILES string of the molecule is CC(C)NC(=O)C1CCN(C(=O)CN2C(=O)NC3(CCCCC3)C2=O)CC1. The maximum absolute atomic E-state index is 12.8. The number of amides is 5. The third-order valence-corrected chi connectivity index (χ3v) is 5.90. The predicted octanol–water partition coefficient (Wildman–Crippen LogP) is 1.00. The maximum Gasteiger partial charge on any atom is 0.325 e. The summed E-state index contributed by atoms with van der Waals surface area (Å²) < 4.78 is 0. The van der Waals surface area contributed by atoms with E-state index in [0.717, 1.165) is 24.2 Å². The summed E-state index contributed by atoms with van der Waals surface area (Å²) in [5.74, 6) is -0.537. The minimum Gasteiger partial charge on any atom is -0.354 e. The van der Waals surface area contributed by atoms with E-state index in [9.17, 15) is 19.2 Å². The van der Waals surface area contributed by atoms with Crippen molar-refractivity contribution in [1.29, 1.82) is 0 Å². The van der Waals surface area contributed by atoms with Crippen LogP contribution in [0.2, 0.25) is 0 Å². The highest BCUT2D eigenvalue weighted by molar-refractivity contribution is 6.09. The van der Waals surface area contributed by atoms with E-state index in [1.165, 1.54) is 0 Å². The number of piperidine rings is 1. The topological polar surface area (TPSA) is 98.8 Å². The van der Waals surface area contributed by atoms with Gasteiger partial charge in [0.1, 0.15) is 12.1 Å². The van der Waals surface area contributed by atoms with E-state index in [0.29, 0.717) is 38.8 Å². The van der Waals surface area contributed by atoms with Gasteiger partial charge in [-0.2, -0.15) is 0 Å². The smallest absolute Gasteiger partial charge is 0.325 e. The van der Waals surface area contributed by atoms with Gasteiger partial charge in [-0.25, -0.2) is 4.79 Å². The molecule has 2 aliphatic heterocycles. The monoisotopic (exact) mass is 378 g/mol. The molecule has 2 saturated heterocycles. The molecule has 8 heteroatoms. The summed E-state index contributed by atoms with van der Waals surface area (Å²) in [4.78, 5) is 52.5. The number of rotatable bonds is 4. The Bertz CT molecular complexity index is 619. The number of hydrogen-bond acceptors (Lipinski definition) is 4. The third kappa shape index (κ3) is 4.09. The lowest BCUT2D eigenvalue weighted by molar-refractivity contribution is -0.141. The molecule has 3 fully saturated rings. The van der Waals surface area contributed by atoms with Crippen LogP contribution < -0.4 is 10.6 Å². The Morgan fingerprint density at radius 2 is 1.78 bits per heavy atom. The van der Waals surface area contributed by atoms with Crippen molar-refractivity contribution >= 4 is 23.8 Å². The van der Waals surface area contributed by atoms with Crippen molar-refractivity contribution in [2.24, 2.45) is 5.92 Å². The minimum atomic E-state index is -0.794. The number of carbonyl (C=O) groups excluding carboxylic acids is 4. The number of nitrogens with one attached hydrogen (secondary N) is 2. The Hall–Kier alpha value is -2.12. The van der Waals surface area contributed by atoms with Crippen molar-refractivity contribution in [2.45, 2.75) is 70.4 Å². The molecular weight excluding hydrogens is 348 g/mol. The summed E-state index contributed by atoms with van der Waals surface area (Å²) in [7, 11) is 0. The third-order valence-electron chi connectivity index (χ3n) is 5.90. The zero-order valence-corrected chi connectivity index (χ0v) is 16.3. The van der Waals surface area contributed by atoms with Crippen LogP contribution in [0, 0.1) is 5.92 Å². The first kappa shape index (κ1) is 19.6. The molecule has 0 aromatic rings. The molecule has 150 valence electrons. The van der Waals surface area contributed by atoms with E-state index >= 15 is 0 Å². The molecule has 5 amide bonds. The molecule has 27 heavy (non-hydrogen) atoms. The highest BCUT2D eigenvalue weighted by Gasteiger charge is 2.51. The summed E-state index contributed by atoms with van der Waals surface area (Å²) in [6.07, 6.45) is 5.42. The summed E-state index contributed by atoms with van der Waals surface area (Å²) in [6.45, 7) is 4.59. The average molecular weight is 378 g/mol. The molecule has 3 aliphatic rings. The summed E-state index contributed by atoms with van der Waals surface area (Å²) in [6, 6.07) is -0.356. The summed E-state index contributed by atoms with van der Waals surface area (Å²) in [5, 5.41) is 5.74. The summed E-state index contributed by atoms with van der Waals surface area (Å²) >= 11 is 0. The van der Waals surface area contributed by atoms with Gasteiger partial charge in [0.05, 0.1) is 0 Å². The van der Waals surface area contributed by atoms with Crippen molar-refractivity contribution in [1.82, 2.24) is 20.4 Å². The molecule has 0 radical (unpaired) electrons. The van der Waals surface area contributed by atoms with Gasteiger partial charge in [-0.1, -0.05) is 19.3 Å². The largest absolute Gasteiger partial charge is 0.354 e. The summed E-state index contributed by atoms with van der Waals surface area (Å²) in [5.41, 5.74) is -0.794. The molecule has 1 aliphatic carbocycles. The van der Waals surface area contributed by atoms with Crippen LogP contribution in [0.1, 0.15) is 58.8 Å². The van der Waals surface area contributed by atoms with Crippen LogP contribution in [-0.4, -0.2) is 64.8 Å². The van der Waals surface area contributed by atoms with Gasteiger partial charge in [0.25, 0.3) is 5.91 Å². The Morgan fingerprint density at radius 3 is 2.37 bits per heavy atom. The minimum absolute atomic E-state index is 0.0328. The second kappa shape index (κ2) is 7.86. The van der Waals surface area contributed by atoms with Crippen LogP contribution in [0.4, 0.5) is 4.79 Å². The molecule has 0 atom stereocenters. The molecule has 1 saturated carbocycles. The average Bonchev–Trinajstić information content (AvgIpc) is 2.86. The van der Waals surface area contributed by atoms with E-state index in [1.807, 2.05) is 13.8 Å². The first-order valence-corrected chi connectivity index (χ1v) is 10.0. The number of urea groups is 1. The standard InChI is InChI=1S/C19H30N4O4/c1-13(2)20-16(25)14-6-10-22(11-7-14)15(24)12-23-17(26)19(21-18(23)27)8-4-3-5-9-19/h13-14H,3-12H2,1-2H3,(H,20,25)(H,21,27). The van der Waals surface area contributed by atoms with Gasteiger partial charge in [0.2, 0.25) is 11.8 Å². The van der Waals surface area contributed by atoms with E-state index < -0.39 is 11.6 Å². The van der Waals surface area contributed by atoms with Crippen LogP contribution in [0.5, 0.6) is 0 Å². The lowest BCUT2D eigenvalue weighted by Gasteiger charge is -2.33. The van der Waals surface area contributed by atoms with Crippen LogP contribution in [-0.2, 0) is 14.4 Å². The second-order valence-electron chi connectivity index (χ2n) is 8.28. The van der Waals surface area contributed by atoms with Crippen molar-refractivity contribution in [3.05, 3.63) is 0 Å². The number of hydrogen-bond donors (Lipinski definition) is 2. The zero-order valence-electron chi connectivity index (χ0n) is 16.3. The first-order valence-electron chi connectivity index (χ1n) is 10.0. The molecule has 8 nitrogen and oxygen atoms in total. The highest BCUT2D eigenvalue weighted by atomic mass is 16.2. The van der Waals surface area contributed by atoms with Crippen LogP contribution in [0.15, 0.2) is 0 Å². The van der Waals surface area contributed by atoms with Gasteiger partial charge in [0, 0.05) is 25.0 Å². The molecule has 0 aromatic carbocycles. The number of carbonyl (C=O) groups is 4. The number of imide groups is 1. The molecule has 2 N–H and O–H groups in total. The Kier molecular flexibility index (Phi) is 5.72. The van der Waals surface area contributed by atoms with E-state index in [-0.39, 0.29) is 36.2 Å². The van der Waals surface area contributed by atoms with E-state index in [2.05, 4.69) is 10.6 Å². The lowest BCUT2D eigenvalue weighted by Crippen LogP contribution is -2.50. The van der Waals surface area contributed by atoms with Crippen molar-refractivity contribution < 1.29 is 19.2 Å². The number of likely N-dealkylation sites (tertiary alicyclic amines) is 1. The maximum atomic E-state index is 12.8. The fourth-order valence-corrected chi connectivity index (χ4v) is 4.34. The molecule has 0 unspecified atom stereocenters. The molecule has 2 heterocycles. The molecule has 3 rings (SSSR count). The van der Waals surface area contributed by atoms with Crippen molar-refractivity contribution in [2.75, 3.05) is 19.6 Å². The van der Waals surface area contributed by atoms with Gasteiger partial charge in [0.15, 0.2) is 0 Å². The van der Waals surface area contributed by atoms with Gasteiger partial charge in [-0.3, -0.25) is 19.3 Å². The quantitative estimate of drug-likeness (QED) is 0.713. The Balaban J connectivity index is 1.53. The van der Waals surface area contributed by atoms with Crippen molar-refractivity contribution in [3.63, 3.8) is 0 Å². The van der Waals surface area contributed by atoms with Crippen LogP contribution >= 0.6 is 0 Å². The van der Waals surface area contributed by atoms with Crippen molar-refractivity contribution in [3.8, 4) is 0 Å². The molecule has 0 aromatic heterocycles. The zero-order chi connectivity index (χ0) is 19.6. The van der Waals surface area contributed by atoms with E-state index in [4.69, 9.17) is 0 Å². The molecular formula is C19H30N4O4. The molecule has 1 spiro atoms. The normalized spacial score (nSPS) is 23.1. The van der Waals surface area contributed by atoms with E-state index in [1.54, 1.807) is 4.90 Å². The van der Waals surface area contributed by atoms with Gasteiger partial charge in [-0.15, -0.1) is 0 Å². The van der Waals surface area contributed by atoms with Gasteiger partial charge >= 0.3 is 6.03 Å². The van der Waals surface area contributed by atoms with Crippen LogP contribution in [0.25, 0.3) is 0 Å². The second-order valence-corrected chi connectivity index (χ2v) is 8.28. The Labute approximate surface area is 160 Å². The Morgan fingerprint density at radius 1 is 1.15 bits per heavy atom. The van der Waals surface area contributed by atoms with Gasteiger partial charge < -0.3 is 15.5 Å². The fourth-order valence-electron chi connectivity index (χ4n) is 4.34. The lowest BCUT2D eigenvalue weighted by atomic mass is 9.82.